The Labute approximate surface area is 183 Å². The summed E-state index contributed by atoms with van der Waals surface area (Å²) in [5.74, 6) is 0. The second-order valence-corrected chi connectivity index (χ2v) is 9.75. The van der Waals surface area contributed by atoms with Gasteiger partial charge in [0.25, 0.3) is 0 Å². The van der Waals surface area contributed by atoms with Gasteiger partial charge < -0.3 is 0 Å². The van der Waals surface area contributed by atoms with E-state index < -0.39 is 24.2 Å². The Bertz CT molecular complexity index is 494. The van der Waals surface area contributed by atoms with Crippen LogP contribution < -0.4 is 0 Å². The van der Waals surface area contributed by atoms with Crippen molar-refractivity contribution in [2.45, 2.75) is 24.2 Å². The zero-order chi connectivity index (χ0) is 17.4. The van der Waals surface area contributed by atoms with Crippen LogP contribution in [0.3, 0.4) is 0 Å². The molecular formula is C11H5Cl11. The van der Waals surface area contributed by atoms with Gasteiger partial charge in [0.15, 0.2) is 0 Å². The molecule has 0 saturated carbocycles. The first kappa shape index (κ1) is 22.5. The molecule has 0 nitrogen and oxygen atoms in total. The van der Waals surface area contributed by atoms with Crippen molar-refractivity contribution in [1.29, 1.82) is 0 Å². The van der Waals surface area contributed by atoms with Gasteiger partial charge in [-0.15, -0.1) is 69.6 Å². The largest absolute Gasteiger partial charge is 0.134 e. The standard InChI is InChI=1S/C11H5Cl11/c12-6-4(10(19)20)2(8(15)16)1(7(13)14)3(9(17)18)5(6)11(21)22/h7-11H. The molecule has 0 aliphatic carbocycles. The predicted molar refractivity (Wildman–Crippen MR) is 104 cm³/mol. The summed E-state index contributed by atoms with van der Waals surface area (Å²) in [5.41, 5.74) is 1.05. The third-order valence-corrected chi connectivity index (χ3v) is 5.31. The maximum absolute atomic E-state index is 6.32. The summed E-state index contributed by atoms with van der Waals surface area (Å²) >= 11 is 66.2. The Morgan fingerprint density at radius 2 is 0.545 bits per heavy atom. The Hall–Kier alpha value is 2.41. The molecule has 11 heteroatoms. The number of hydrogen-bond donors (Lipinski definition) is 0. The molecule has 0 atom stereocenters. The molecule has 0 amide bonds. The summed E-state index contributed by atoms with van der Waals surface area (Å²) < 4.78 is 0. The van der Waals surface area contributed by atoms with Crippen molar-refractivity contribution >= 4 is 128 Å². The zero-order valence-electron chi connectivity index (χ0n) is 10.0. The van der Waals surface area contributed by atoms with Crippen LogP contribution in [0.5, 0.6) is 0 Å². The van der Waals surface area contributed by atoms with E-state index in [1.54, 1.807) is 0 Å². The van der Waals surface area contributed by atoms with Crippen molar-refractivity contribution in [1.82, 2.24) is 0 Å². The Morgan fingerprint density at radius 1 is 0.364 bits per heavy atom. The first-order valence-electron chi connectivity index (χ1n) is 5.31. The van der Waals surface area contributed by atoms with Crippen molar-refractivity contribution in [2.24, 2.45) is 0 Å². The van der Waals surface area contributed by atoms with Gasteiger partial charge in [-0.2, -0.15) is 0 Å². The van der Waals surface area contributed by atoms with Gasteiger partial charge in [0.05, 0.1) is 5.02 Å². The summed E-state index contributed by atoms with van der Waals surface area (Å²) in [6.45, 7) is 0. The van der Waals surface area contributed by atoms with Gasteiger partial charge in [-0.1, -0.05) is 58.0 Å². The maximum atomic E-state index is 6.32. The minimum absolute atomic E-state index is 0.0466. The van der Waals surface area contributed by atoms with Crippen molar-refractivity contribution in [3.05, 3.63) is 32.8 Å². The molecule has 0 N–H and O–H groups in total. The Morgan fingerprint density at radius 3 is 0.727 bits per heavy atom. The lowest BCUT2D eigenvalue weighted by Crippen LogP contribution is -2.10. The molecule has 22 heavy (non-hydrogen) atoms. The lowest BCUT2D eigenvalue weighted by molar-refractivity contribution is 1.06. The van der Waals surface area contributed by atoms with Crippen molar-refractivity contribution in [2.75, 3.05) is 0 Å². The SMILES string of the molecule is Clc1c(C(Cl)Cl)c(C(Cl)Cl)c(C(Cl)Cl)c(C(Cl)Cl)c1C(Cl)Cl. The van der Waals surface area contributed by atoms with E-state index in [9.17, 15) is 0 Å². The van der Waals surface area contributed by atoms with Crippen LogP contribution in [-0.2, 0) is 0 Å². The normalized spacial score (nSPS) is 12.5. The number of halogens is 11. The molecule has 0 aromatic heterocycles. The molecule has 0 unspecified atom stereocenters. The van der Waals surface area contributed by atoms with Crippen LogP contribution in [0.1, 0.15) is 52.0 Å². The molecule has 0 saturated heterocycles. The number of benzene rings is 1. The van der Waals surface area contributed by atoms with Crippen LogP contribution >= 0.6 is 128 Å². The van der Waals surface area contributed by atoms with E-state index in [0.717, 1.165) is 0 Å². The van der Waals surface area contributed by atoms with Crippen molar-refractivity contribution in [3.8, 4) is 0 Å². The molecule has 0 bridgehead atoms. The van der Waals surface area contributed by atoms with Gasteiger partial charge >= 0.3 is 0 Å². The zero-order valence-corrected chi connectivity index (χ0v) is 18.4. The number of alkyl halides is 10. The van der Waals surface area contributed by atoms with Gasteiger partial charge in [0, 0.05) is 11.1 Å². The van der Waals surface area contributed by atoms with Crippen molar-refractivity contribution < 1.29 is 0 Å². The lowest BCUT2D eigenvalue weighted by atomic mass is 9.94. The van der Waals surface area contributed by atoms with E-state index >= 15 is 0 Å². The third kappa shape index (κ3) is 4.77. The van der Waals surface area contributed by atoms with E-state index in [2.05, 4.69) is 0 Å². The minimum atomic E-state index is -1.10. The van der Waals surface area contributed by atoms with E-state index in [1.807, 2.05) is 0 Å². The van der Waals surface area contributed by atoms with Gasteiger partial charge in [0.1, 0.15) is 24.2 Å². The molecule has 126 valence electrons. The van der Waals surface area contributed by atoms with Crippen LogP contribution in [0.25, 0.3) is 0 Å². The maximum Gasteiger partial charge on any atom is 0.134 e. The summed E-state index contributed by atoms with van der Waals surface area (Å²) in [6.07, 6.45) is 0. The van der Waals surface area contributed by atoms with Gasteiger partial charge in [-0.25, -0.2) is 0 Å². The number of rotatable bonds is 5. The molecule has 0 radical (unpaired) electrons. The quantitative estimate of drug-likeness (QED) is 0.335. The van der Waals surface area contributed by atoms with Gasteiger partial charge in [-0.3, -0.25) is 0 Å². The molecular weight excluding hydrogens is 522 g/mol. The van der Waals surface area contributed by atoms with Crippen LogP contribution in [0.15, 0.2) is 0 Å². The average Bonchev–Trinajstić information content (AvgIpc) is 2.34. The summed E-state index contributed by atoms with van der Waals surface area (Å²) in [7, 11) is 0. The summed E-state index contributed by atoms with van der Waals surface area (Å²) in [6, 6.07) is 0. The molecule has 0 fully saturated rings. The first-order valence-corrected chi connectivity index (χ1v) is 10.1. The molecule has 0 spiro atoms. The smallest absolute Gasteiger partial charge is 0.100 e. The fourth-order valence-corrected chi connectivity index (χ4v) is 4.91. The van der Waals surface area contributed by atoms with Crippen LogP contribution in [-0.4, -0.2) is 0 Å². The predicted octanol–water partition coefficient (Wildman–Crippen LogP) is 9.72. The fourth-order valence-electron chi connectivity index (χ4n) is 1.95. The van der Waals surface area contributed by atoms with E-state index in [1.165, 1.54) is 0 Å². The lowest BCUT2D eigenvalue weighted by Gasteiger charge is -2.27. The highest BCUT2D eigenvalue weighted by atomic mass is 35.5. The molecule has 1 aromatic carbocycles. The topological polar surface area (TPSA) is 0 Å². The highest BCUT2D eigenvalue weighted by molar-refractivity contribution is 6.51. The Kier molecular flexibility index (Phi) is 9.57. The fraction of sp³-hybridized carbons (Fsp3) is 0.455. The van der Waals surface area contributed by atoms with Crippen LogP contribution in [0.2, 0.25) is 5.02 Å². The molecule has 0 aliphatic heterocycles. The molecule has 1 rings (SSSR count). The first-order chi connectivity index (χ1) is 10.0. The van der Waals surface area contributed by atoms with E-state index in [-0.39, 0.29) is 32.8 Å². The van der Waals surface area contributed by atoms with Gasteiger partial charge in [-0.05, 0) is 16.7 Å². The summed E-state index contributed by atoms with van der Waals surface area (Å²) in [5, 5.41) is 0.0466. The average molecular weight is 527 g/mol. The monoisotopic (exact) mass is 522 g/mol. The molecule has 1 aromatic rings. The second-order valence-electron chi connectivity index (χ2n) is 3.89. The summed E-state index contributed by atoms with van der Waals surface area (Å²) in [4.78, 5) is -5.45. The minimum Gasteiger partial charge on any atom is -0.100 e. The highest BCUT2D eigenvalue weighted by Crippen LogP contribution is 2.53. The number of hydrogen-bond acceptors (Lipinski definition) is 0. The highest BCUT2D eigenvalue weighted by Gasteiger charge is 2.34. The van der Waals surface area contributed by atoms with Gasteiger partial charge in [0.2, 0.25) is 0 Å². The van der Waals surface area contributed by atoms with Crippen molar-refractivity contribution in [3.63, 3.8) is 0 Å². The van der Waals surface area contributed by atoms with E-state index in [4.69, 9.17) is 128 Å². The Balaban J connectivity index is 4.07. The van der Waals surface area contributed by atoms with E-state index in [0.29, 0.717) is 0 Å². The molecule has 0 heterocycles. The molecule has 0 aliphatic rings. The second kappa shape index (κ2) is 9.38. The van der Waals surface area contributed by atoms with Crippen LogP contribution in [0, 0.1) is 0 Å². The third-order valence-electron chi connectivity index (χ3n) is 2.72. The van der Waals surface area contributed by atoms with Crippen LogP contribution in [0.4, 0.5) is 0 Å².